The second-order valence-electron chi connectivity index (χ2n) is 6.59. The smallest absolute Gasteiger partial charge is 0.167 e. The zero-order valence-electron chi connectivity index (χ0n) is 14.0. The van der Waals surface area contributed by atoms with Crippen molar-refractivity contribution in [3.8, 4) is 0 Å². The summed E-state index contributed by atoms with van der Waals surface area (Å²) < 4.78 is 0.985. The molecule has 0 aromatic heterocycles. The zero-order chi connectivity index (χ0) is 18.1. The normalized spacial score (nSPS) is 21.2. The first-order valence-electron chi connectivity index (χ1n) is 8.61. The molecule has 2 atom stereocenters. The van der Waals surface area contributed by atoms with Crippen molar-refractivity contribution in [3.63, 3.8) is 0 Å². The van der Waals surface area contributed by atoms with Crippen LogP contribution in [-0.4, -0.2) is 11.6 Å². The predicted molar refractivity (Wildman–Crippen MR) is 105 cm³/mol. The van der Waals surface area contributed by atoms with Gasteiger partial charge in [0.1, 0.15) is 0 Å². The Morgan fingerprint density at radius 2 is 1.04 bits per heavy atom. The van der Waals surface area contributed by atoms with Gasteiger partial charge < -0.3 is 0 Å². The van der Waals surface area contributed by atoms with Crippen molar-refractivity contribution in [2.24, 2.45) is 11.8 Å². The molecule has 0 radical (unpaired) electrons. The number of ketones is 2. The molecule has 2 nitrogen and oxygen atoms in total. The second-order valence-corrected chi connectivity index (χ2v) is 7.51. The molecule has 0 N–H and O–H groups in total. The number of Topliss-reactive ketones (excluding diaryl/α,β-unsaturated/α-hetero) is 2. The Kier molecular flexibility index (Phi) is 4.56. The van der Waals surface area contributed by atoms with Crippen LogP contribution in [0.2, 0.25) is 0 Å². The number of rotatable bonds is 5. The molecular weight excluding hydrogens is 388 g/mol. The van der Waals surface area contributed by atoms with Crippen LogP contribution in [-0.2, 0) is 0 Å². The molecule has 4 rings (SSSR count). The molecule has 0 unspecified atom stereocenters. The van der Waals surface area contributed by atoms with Gasteiger partial charge in [-0.2, -0.15) is 0 Å². The molecule has 1 aliphatic carbocycles. The number of hydrogen-bond acceptors (Lipinski definition) is 2. The van der Waals surface area contributed by atoms with Gasteiger partial charge in [-0.1, -0.05) is 88.7 Å². The van der Waals surface area contributed by atoms with E-state index in [2.05, 4.69) is 15.9 Å². The summed E-state index contributed by atoms with van der Waals surface area (Å²) in [4.78, 5) is 26.1. The molecule has 0 spiro atoms. The van der Waals surface area contributed by atoms with E-state index >= 15 is 0 Å². The van der Waals surface area contributed by atoms with Crippen LogP contribution in [0.1, 0.15) is 32.2 Å². The lowest BCUT2D eigenvalue weighted by Gasteiger charge is -2.01. The van der Waals surface area contributed by atoms with E-state index < -0.39 is 0 Å². The van der Waals surface area contributed by atoms with Gasteiger partial charge in [-0.3, -0.25) is 9.59 Å². The van der Waals surface area contributed by atoms with Crippen molar-refractivity contribution >= 4 is 27.5 Å². The van der Waals surface area contributed by atoms with Crippen LogP contribution in [0.15, 0.2) is 89.4 Å². The maximum Gasteiger partial charge on any atom is 0.167 e. The Morgan fingerprint density at radius 3 is 1.46 bits per heavy atom. The summed E-state index contributed by atoms with van der Waals surface area (Å²) in [7, 11) is 0. The van der Waals surface area contributed by atoms with E-state index in [1.165, 1.54) is 0 Å². The van der Waals surface area contributed by atoms with Crippen LogP contribution in [0.3, 0.4) is 0 Å². The van der Waals surface area contributed by atoms with E-state index in [-0.39, 0.29) is 29.3 Å². The van der Waals surface area contributed by atoms with Gasteiger partial charge in [-0.15, -0.1) is 0 Å². The molecule has 1 fully saturated rings. The van der Waals surface area contributed by atoms with Crippen LogP contribution in [0.4, 0.5) is 0 Å². The molecule has 0 bridgehead atoms. The molecular formula is C23H17BrO2. The minimum absolute atomic E-state index is 0.0489. The monoisotopic (exact) mass is 404 g/mol. The second kappa shape index (κ2) is 7.00. The van der Waals surface area contributed by atoms with Crippen molar-refractivity contribution in [2.45, 2.75) is 5.92 Å². The SMILES string of the molecule is O=C(c1ccccc1)[C@@H]1C(c2ccc(Br)cc2)[C@H]1C(=O)c1ccccc1. The number of benzene rings is 3. The molecule has 0 amide bonds. The lowest BCUT2D eigenvalue weighted by molar-refractivity contribution is 0.0906. The minimum Gasteiger partial charge on any atom is -0.294 e. The average molecular weight is 405 g/mol. The largest absolute Gasteiger partial charge is 0.294 e. The number of carbonyl (C=O) groups excluding carboxylic acids is 2. The van der Waals surface area contributed by atoms with Crippen molar-refractivity contribution in [1.29, 1.82) is 0 Å². The molecule has 128 valence electrons. The number of carbonyl (C=O) groups is 2. The van der Waals surface area contributed by atoms with Crippen molar-refractivity contribution in [2.75, 3.05) is 0 Å². The summed E-state index contributed by atoms with van der Waals surface area (Å²) in [6.45, 7) is 0. The Hall–Kier alpha value is -2.52. The van der Waals surface area contributed by atoms with Crippen LogP contribution >= 0.6 is 15.9 Å². The molecule has 0 aliphatic heterocycles. The summed E-state index contributed by atoms with van der Waals surface area (Å²) in [5.74, 6) is -0.568. The fourth-order valence-electron chi connectivity index (χ4n) is 3.65. The topological polar surface area (TPSA) is 34.1 Å². The molecule has 3 aromatic carbocycles. The third kappa shape index (κ3) is 3.15. The predicted octanol–water partition coefficient (Wildman–Crippen LogP) is 5.54. The van der Waals surface area contributed by atoms with E-state index in [0.717, 1.165) is 10.0 Å². The van der Waals surface area contributed by atoms with E-state index in [4.69, 9.17) is 0 Å². The van der Waals surface area contributed by atoms with Gasteiger partial charge in [0.05, 0.1) is 0 Å². The minimum atomic E-state index is -0.300. The third-order valence-corrected chi connectivity index (χ3v) is 5.53. The van der Waals surface area contributed by atoms with Gasteiger partial charge in [0, 0.05) is 33.4 Å². The fourth-order valence-corrected chi connectivity index (χ4v) is 3.92. The van der Waals surface area contributed by atoms with Crippen LogP contribution in [0, 0.1) is 11.8 Å². The number of halogens is 1. The highest BCUT2D eigenvalue weighted by Gasteiger charge is 2.59. The first-order valence-corrected chi connectivity index (χ1v) is 9.40. The van der Waals surface area contributed by atoms with E-state index in [9.17, 15) is 9.59 Å². The summed E-state index contributed by atoms with van der Waals surface area (Å²) >= 11 is 3.44. The Morgan fingerprint density at radius 1 is 0.615 bits per heavy atom. The lowest BCUT2D eigenvalue weighted by Crippen LogP contribution is -2.09. The average Bonchev–Trinajstić information content (AvgIpc) is 3.44. The molecule has 1 aliphatic rings. The van der Waals surface area contributed by atoms with E-state index in [1.54, 1.807) is 0 Å². The van der Waals surface area contributed by atoms with E-state index in [0.29, 0.717) is 11.1 Å². The molecule has 26 heavy (non-hydrogen) atoms. The third-order valence-electron chi connectivity index (χ3n) is 5.00. The number of hydrogen-bond donors (Lipinski definition) is 0. The summed E-state index contributed by atoms with van der Waals surface area (Å²) in [5, 5.41) is 0. The van der Waals surface area contributed by atoms with E-state index in [1.807, 2.05) is 84.9 Å². The molecule has 3 aromatic rings. The van der Waals surface area contributed by atoms with Crippen molar-refractivity contribution in [1.82, 2.24) is 0 Å². The fraction of sp³-hybridized carbons (Fsp3) is 0.130. The van der Waals surface area contributed by atoms with Gasteiger partial charge >= 0.3 is 0 Å². The van der Waals surface area contributed by atoms with Gasteiger partial charge in [0.2, 0.25) is 0 Å². The zero-order valence-corrected chi connectivity index (χ0v) is 15.6. The Bertz CT molecular complexity index is 875. The highest BCUT2D eigenvalue weighted by molar-refractivity contribution is 9.10. The van der Waals surface area contributed by atoms with Crippen LogP contribution in [0.25, 0.3) is 0 Å². The molecule has 3 heteroatoms. The lowest BCUT2D eigenvalue weighted by atomic mass is 10.0. The molecule has 1 saturated carbocycles. The van der Waals surface area contributed by atoms with Crippen molar-refractivity contribution < 1.29 is 9.59 Å². The highest BCUT2D eigenvalue weighted by atomic mass is 79.9. The maximum atomic E-state index is 13.0. The first kappa shape index (κ1) is 16.9. The van der Waals surface area contributed by atoms with Gasteiger partial charge in [0.25, 0.3) is 0 Å². The standard InChI is InChI=1S/C23H17BrO2/c24-18-13-11-15(12-14-18)19-20(22(25)16-7-3-1-4-8-16)21(19)23(26)17-9-5-2-6-10-17/h1-14,19-21H/t20-,21-/m1/s1. The summed E-state index contributed by atoms with van der Waals surface area (Å²) in [5.41, 5.74) is 2.38. The Balaban J connectivity index is 1.68. The summed E-state index contributed by atoms with van der Waals surface area (Å²) in [6, 6.07) is 26.4. The van der Waals surface area contributed by atoms with Gasteiger partial charge in [-0.05, 0) is 17.7 Å². The van der Waals surface area contributed by atoms with Crippen molar-refractivity contribution in [3.05, 3.63) is 106 Å². The molecule has 0 heterocycles. The molecule has 0 saturated heterocycles. The van der Waals surface area contributed by atoms with Gasteiger partial charge in [-0.25, -0.2) is 0 Å². The summed E-state index contributed by atoms with van der Waals surface area (Å²) in [6.07, 6.45) is 0. The highest BCUT2D eigenvalue weighted by Crippen LogP contribution is 2.56. The quantitative estimate of drug-likeness (QED) is 0.522. The van der Waals surface area contributed by atoms with Gasteiger partial charge in [0.15, 0.2) is 11.6 Å². The first-order chi connectivity index (χ1) is 12.7. The van der Waals surface area contributed by atoms with Crippen LogP contribution < -0.4 is 0 Å². The van der Waals surface area contributed by atoms with Crippen LogP contribution in [0.5, 0.6) is 0 Å². The maximum absolute atomic E-state index is 13.0. The Labute approximate surface area is 161 Å².